The van der Waals surface area contributed by atoms with Crippen molar-refractivity contribution in [2.75, 3.05) is 0 Å². The topological polar surface area (TPSA) is 66.4 Å². The Bertz CT molecular complexity index is 448. The molecule has 1 rings (SSSR count). The number of rotatable bonds is 3. The number of benzene rings is 1. The average Bonchev–Trinajstić information content (AvgIpc) is 2.24. The molecule has 0 fully saturated rings. The van der Waals surface area contributed by atoms with Crippen LogP contribution in [0.3, 0.4) is 0 Å². The lowest BCUT2D eigenvalue weighted by atomic mass is 9.86. The van der Waals surface area contributed by atoms with Crippen molar-refractivity contribution in [1.29, 1.82) is 0 Å². The van der Waals surface area contributed by atoms with Crippen LogP contribution in [-0.4, -0.2) is 23.0 Å². The molecule has 0 radical (unpaired) electrons. The highest BCUT2D eigenvalue weighted by atomic mass is 35.5. The van der Waals surface area contributed by atoms with Crippen molar-refractivity contribution in [3.63, 3.8) is 0 Å². The average molecular weight is 270 g/mol. The van der Waals surface area contributed by atoms with E-state index in [0.717, 1.165) is 0 Å². The monoisotopic (exact) mass is 269 g/mol. The summed E-state index contributed by atoms with van der Waals surface area (Å²) in [7, 11) is 0. The van der Waals surface area contributed by atoms with Crippen molar-refractivity contribution in [1.82, 2.24) is 5.32 Å². The summed E-state index contributed by atoms with van der Waals surface area (Å²) in [5, 5.41) is 12.1. The molecule has 18 heavy (non-hydrogen) atoms. The van der Waals surface area contributed by atoms with E-state index >= 15 is 0 Å². The van der Waals surface area contributed by atoms with Crippen LogP contribution < -0.4 is 5.32 Å². The van der Waals surface area contributed by atoms with Gasteiger partial charge in [-0.2, -0.15) is 0 Å². The Morgan fingerprint density at radius 1 is 1.22 bits per heavy atom. The SMILES string of the molecule is CC(C)(C)[C@@H](NC(=O)c1ccc(Cl)cc1)C(=O)O. The first-order chi connectivity index (χ1) is 8.21. The molecule has 0 spiro atoms. The van der Waals surface area contributed by atoms with Gasteiger partial charge in [0.25, 0.3) is 5.91 Å². The second-order valence-corrected chi connectivity index (χ2v) is 5.55. The fraction of sp³-hybridized carbons (Fsp3) is 0.385. The maximum absolute atomic E-state index is 11.9. The molecule has 0 unspecified atom stereocenters. The van der Waals surface area contributed by atoms with Crippen molar-refractivity contribution in [3.05, 3.63) is 34.9 Å². The van der Waals surface area contributed by atoms with E-state index in [4.69, 9.17) is 16.7 Å². The molecule has 1 atom stereocenters. The van der Waals surface area contributed by atoms with Crippen LogP contribution in [0.5, 0.6) is 0 Å². The van der Waals surface area contributed by atoms with Gasteiger partial charge in [-0.05, 0) is 29.7 Å². The Morgan fingerprint density at radius 3 is 2.11 bits per heavy atom. The number of carboxylic acids is 1. The molecule has 0 aromatic heterocycles. The largest absolute Gasteiger partial charge is 0.480 e. The van der Waals surface area contributed by atoms with Gasteiger partial charge in [-0.15, -0.1) is 0 Å². The Labute approximate surface area is 111 Å². The van der Waals surface area contributed by atoms with Crippen LogP contribution in [0.15, 0.2) is 24.3 Å². The molecule has 1 aromatic carbocycles. The summed E-state index contributed by atoms with van der Waals surface area (Å²) < 4.78 is 0. The highest BCUT2D eigenvalue weighted by molar-refractivity contribution is 6.30. The summed E-state index contributed by atoms with van der Waals surface area (Å²) in [5.41, 5.74) is -0.177. The van der Waals surface area contributed by atoms with Crippen LogP contribution >= 0.6 is 11.6 Å². The fourth-order valence-electron chi connectivity index (χ4n) is 1.46. The number of carboxylic acid groups (broad SMARTS) is 1. The maximum Gasteiger partial charge on any atom is 0.326 e. The fourth-order valence-corrected chi connectivity index (χ4v) is 1.59. The second-order valence-electron chi connectivity index (χ2n) is 5.12. The molecule has 0 heterocycles. The molecule has 0 aliphatic rings. The summed E-state index contributed by atoms with van der Waals surface area (Å²) in [6, 6.07) is 5.34. The molecule has 5 heteroatoms. The first-order valence-corrected chi connectivity index (χ1v) is 5.89. The van der Waals surface area contributed by atoms with E-state index in [1.807, 2.05) is 0 Å². The van der Waals surface area contributed by atoms with Crippen LogP contribution in [0.4, 0.5) is 0 Å². The van der Waals surface area contributed by atoms with Gasteiger partial charge in [0, 0.05) is 10.6 Å². The van der Waals surface area contributed by atoms with E-state index < -0.39 is 23.3 Å². The molecule has 0 bridgehead atoms. The van der Waals surface area contributed by atoms with Crippen LogP contribution in [0.25, 0.3) is 0 Å². The van der Waals surface area contributed by atoms with E-state index in [9.17, 15) is 9.59 Å². The standard InChI is InChI=1S/C13H16ClNO3/c1-13(2,3)10(12(17)18)15-11(16)8-4-6-9(14)7-5-8/h4-7,10H,1-3H3,(H,15,16)(H,17,18)/t10-/m0/s1. The third-order valence-electron chi connectivity index (χ3n) is 2.49. The lowest BCUT2D eigenvalue weighted by Crippen LogP contribution is -2.49. The Balaban J connectivity index is 2.86. The molecule has 0 aliphatic heterocycles. The molecule has 1 amide bonds. The molecule has 0 saturated carbocycles. The molecule has 1 aromatic rings. The zero-order valence-electron chi connectivity index (χ0n) is 10.5. The number of nitrogens with one attached hydrogen (secondary N) is 1. The van der Waals surface area contributed by atoms with Gasteiger partial charge in [0.15, 0.2) is 0 Å². The summed E-state index contributed by atoms with van der Waals surface area (Å²) >= 11 is 5.72. The number of carbonyl (C=O) groups excluding carboxylic acids is 1. The predicted octanol–water partition coefficient (Wildman–Crippen LogP) is 2.57. The summed E-state index contributed by atoms with van der Waals surface area (Å²) in [6.45, 7) is 5.27. The third kappa shape index (κ3) is 3.74. The smallest absolute Gasteiger partial charge is 0.326 e. The number of hydrogen-bond acceptors (Lipinski definition) is 2. The zero-order valence-corrected chi connectivity index (χ0v) is 11.3. The van der Waals surface area contributed by atoms with Gasteiger partial charge in [-0.25, -0.2) is 4.79 Å². The first kappa shape index (κ1) is 14.5. The van der Waals surface area contributed by atoms with Crippen molar-refractivity contribution < 1.29 is 14.7 Å². The molecule has 2 N–H and O–H groups in total. The third-order valence-corrected chi connectivity index (χ3v) is 2.75. The predicted molar refractivity (Wildman–Crippen MR) is 69.8 cm³/mol. The lowest BCUT2D eigenvalue weighted by molar-refractivity contribution is -0.142. The number of aliphatic carboxylic acids is 1. The van der Waals surface area contributed by atoms with E-state index in [2.05, 4.69) is 5.32 Å². The van der Waals surface area contributed by atoms with E-state index in [1.54, 1.807) is 45.0 Å². The minimum atomic E-state index is -1.05. The van der Waals surface area contributed by atoms with Crippen molar-refractivity contribution in [3.8, 4) is 0 Å². The van der Waals surface area contributed by atoms with Crippen LogP contribution in [0.1, 0.15) is 31.1 Å². The van der Waals surface area contributed by atoms with Gasteiger partial charge in [-0.3, -0.25) is 4.79 Å². The van der Waals surface area contributed by atoms with Crippen molar-refractivity contribution >= 4 is 23.5 Å². The molecule has 0 aliphatic carbocycles. The number of amides is 1. The number of hydrogen-bond donors (Lipinski definition) is 2. The highest BCUT2D eigenvalue weighted by Gasteiger charge is 2.32. The van der Waals surface area contributed by atoms with E-state index in [-0.39, 0.29) is 0 Å². The normalized spacial score (nSPS) is 12.9. The van der Waals surface area contributed by atoms with E-state index in [1.165, 1.54) is 0 Å². The van der Waals surface area contributed by atoms with Gasteiger partial charge in [-0.1, -0.05) is 32.4 Å². The Hall–Kier alpha value is -1.55. The number of halogens is 1. The Morgan fingerprint density at radius 2 is 1.72 bits per heavy atom. The molecule has 98 valence electrons. The maximum atomic E-state index is 11.9. The molecule has 0 saturated heterocycles. The minimum absolute atomic E-state index is 0.384. The molecular formula is C13H16ClNO3. The van der Waals surface area contributed by atoms with Gasteiger partial charge >= 0.3 is 5.97 Å². The zero-order chi connectivity index (χ0) is 13.9. The quantitative estimate of drug-likeness (QED) is 0.886. The lowest BCUT2D eigenvalue weighted by Gasteiger charge is -2.27. The molecule has 4 nitrogen and oxygen atoms in total. The second kappa shape index (κ2) is 5.40. The Kier molecular flexibility index (Phi) is 4.35. The summed E-state index contributed by atoms with van der Waals surface area (Å²) in [6.07, 6.45) is 0. The van der Waals surface area contributed by atoms with Gasteiger partial charge in [0.05, 0.1) is 0 Å². The van der Waals surface area contributed by atoms with Gasteiger partial charge in [0.2, 0.25) is 0 Å². The first-order valence-electron chi connectivity index (χ1n) is 5.51. The van der Waals surface area contributed by atoms with Crippen molar-refractivity contribution in [2.45, 2.75) is 26.8 Å². The van der Waals surface area contributed by atoms with Crippen LogP contribution in [-0.2, 0) is 4.79 Å². The minimum Gasteiger partial charge on any atom is -0.480 e. The van der Waals surface area contributed by atoms with Crippen molar-refractivity contribution in [2.24, 2.45) is 5.41 Å². The highest BCUT2D eigenvalue weighted by Crippen LogP contribution is 2.20. The van der Waals surface area contributed by atoms with Crippen LogP contribution in [0, 0.1) is 5.41 Å². The summed E-state index contributed by atoms with van der Waals surface area (Å²) in [4.78, 5) is 23.0. The van der Waals surface area contributed by atoms with Gasteiger partial charge in [0.1, 0.15) is 6.04 Å². The number of carbonyl (C=O) groups is 2. The van der Waals surface area contributed by atoms with Crippen LogP contribution in [0.2, 0.25) is 5.02 Å². The summed E-state index contributed by atoms with van der Waals surface area (Å²) in [5.74, 6) is -1.47. The molecular weight excluding hydrogens is 254 g/mol. The van der Waals surface area contributed by atoms with E-state index in [0.29, 0.717) is 10.6 Å². The van der Waals surface area contributed by atoms with Gasteiger partial charge < -0.3 is 10.4 Å².